The molecule has 0 saturated carbocycles. The van der Waals surface area contributed by atoms with Crippen molar-refractivity contribution in [1.82, 2.24) is 9.29 Å². The van der Waals surface area contributed by atoms with Crippen LogP contribution in [0, 0.1) is 0 Å². The van der Waals surface area contributed by atoms with Crippen molar-refractivity contribution in [2.45, 2.75) is 11.4 Å². The number of hydrogen-bond donors (Lipinski definition) is 1. The number of quaternary nitrogens is 1. The Labute approximate surface area is 153 Å². The van der Waals surface area contributed by atoms with E-state index >= 15 is 0 Å². The van der Waals surface area contributed by atoms with E-state index < -0.39 is 10.0 Å². The molecule has 0 unspecified atom stereocenters. The van der Waals surface area contributed by atoms with Gasteiger partial charge in [-0.05, 0) is 24.3 Å². The second kappa shape index (κ2) is 7.22. The molecule has 1 saturated heterocycles. The normalized spacial score (nSPS) is 18.6. The van der Waals surface area contributed by atoms with Crippen LogP contribution in [-0.4, -0.2) is 57.1 Å². The van der Waals surface area contributed by atoms with Crippen LogP contribution in [0.15, 0.2) is 47.5 Å². The quantitative estimate of drug-likeness (QED) is 0.810. The van der Waals surface area contributed by atoms with E-state index in [2.05, 4.69) is 4.98 Å². The van der Waals surface area contributed by atoms with Gasteiger partial charge in [-0.3, -0.25) is 4.98 Å². The minimum atomic E-state index is -3.52. The Morgan fingerprint density at radius 2 is 1.81 bits per heavy atom. The van der Waals surface area contributed by atoms with E-state index in [0.29, 0.717) is 37.8 Å². The number of rotatable bonds is 4. The Hall–Kier alpha value is -2.16. The lowest BCUT2D eigenvalue weighted by Crippen LogP contribution is -3.13. The molecule has 2 aliphatic rings. The highest BCUT2D eigenvalue weighted by Gasteiger charge is 2.31. The SMILES string of the molecule is O=S(=O)(c1ccc2c(c1)OCCO2)N1CC[NH+](Cc2ccccn2)CC1. The lowest BCUT2D eigenvalue weighted by atomic mass is 10.3. The van der Waals surface area contributed by atoms with Crippen LogP contribution in [0.4, 0.5) is 0 Å². The van der Waals surface area contributed by atoms with E-state index in [9.17, 15) is 8.42 Å². The summed E-state index contributed by atoms with van der Waals surface area (Å²) in [6.07, 6.45) is 1.79. The van der Waals surface area contributed by atoms with E-state index in [1.54, 1.807) is 28.7 Å². The number of pyridine rings is 1. The summed E-state index contributed by atoms with van der Waals surface area (Å²) in [6, 6.07) is 10.7. The summed E-state index contributed by atoms with van der Waals surface area (Å²) in [5.41, 5.74) is 1.03. The number of ether oxygens (including phenoxy) is 2. The Bertz CT molecular complexity index is 865. The first-order valence-electron chi connectivity index (χ1n) is 8.76. The van der Waals surface area contributed by atoms with Crippen LogP contribution >= 0.6 is 0 Å². The molecule has 1 aromatic carbocycles. The van der Waals surface area contributed by atoms with Crippen molar-refractivity contribution >= 4 is 10.0 Å². The van der Waals surface area contributed by atoms with Gasteiger partial charge in [0.1, 0.15) is 19.8 Å². The zero-order chi connectivity index (χ0) is 18.0. The van der Waals surface area contributed by atoms with E-state index in [1.165, 1.54) is 4.90 Å². The molecule has 0 bridgehead atoms. The largest absolute Gasteiger partial charge is 0.486 e. The third kappa shape index (κ3) is 3.53. The molecule has 7 nitrogen and oxygen atoms in total. The van der Waals surface area contributed by atoms with Gasteiger partial charge in [0, 0.05) is 12.3 Å². The number of aromatic nitrogens is 1. The summed E-state index contributed by atoms with van der Waals surface area (Å²) in [4.78, 5) is 5.95. The maximum atomic E-state index is 12.9. The van der Waals surface area contributed by atoms with Gasteiger partial charge in [-0.15, -0.1) is 0 Å². The molecule has 0 amide bonds. The number of nitrogens with one attached hydrogen (secondary N) is 1. The summed E-state index contributed by atoms with van der Waals surface area (Å²) in [6.45, 7) is 4.27. The molecule has 0 aliphatic carbocycles. The summed E-state index contributed by atoms with van der Waals surface area (Å²) in [7, 11) is -3.52. The van der Waals surface area contributed by atoms with E-state index in [-0.39, 0.29) is 4.90 Å². The maximum absolute atomic E-state index is 12.9. The number of benzene rings is 1. The third-order valence-corrected chi connectivity index (χ3v) is 6.63. The van der Waals surface area contributed by atoms with Crippen molar-refractivity contribution in [1.29, 1.82) is 0 Å². The van der Waals surface area contributed by atoms with Gasteiger partial charge in [0.15, 0.2) is 11.5 Å². The van der Waals surface area contributed by atoms with Crippen LogP contribution in [-0.2, 0) is 16.6 Å². The first kappa shape index (κ1) is 17.3. The first-order chi connectivity index (χ1) is 12.6. The van der Waals surface area contributed by atoms with Crippen LogP contribution in [0.5, 0.6) is 11.5 Å². The average molecular weight is 376 g/mol. The number of hydrogen-bond acceptors (Lipinski definition) is 5. The van der Waals surface area contributed by atoms with Gasteiger partial charge in [-0.2, -0.15) is 4.31 Å². The number of piperazine rings is 1. The topological polar surface area (TPSA) is 73.2 Å². The zero-order valence-corrected chi connectivity index (χ0v) is 15.2. The van der Waals surface area contributed by atoms with Gasteiger partial charge in [0.05, 0.1) is 36.8 Å². The van der Waals surface area contributed by atoms with Crippen LogP contribution in [0.25, 0.3) is 0 Å². The fourth-order valence-corrected chi connectivity index (χ4v) is 4.77. The zero-order valence-electron chi connectivity index (χ0n) is 14.4. The first-order valence-corrected chi connectivity index (χ1v) is 10.2. The minimum absolute atomic E-state index is 0.259. The summed E-state index contributed by atoms with van der Waals surface area (Å²) < 4.78 is 38.4. The maximum Gasteiger partial charge on any atom is 0.243 e. The van der Waals surface area contributed by atoms with E-state index in [0.717, 1.165) is 25.3 Å². The predicted molar refractivity (Wildman–Crippen MR) is 94.8 cm³/mol. The van der Waals surface area contributed by atoms with Gasteiger partial charge in [-0.25, -0.2) is 8.42 Å². The second-order valence-corrected chi connectivity index (χ2v) is 8.40. The molecule has 2 aromatic rings. The van der Waals surface area contributed by atoms with Crippen molar-refractivity contribution in [3.05, 3.63) is 48.3 Å². The molecular weight excluding hydrogens is 354 g/mol. The highest BCUT2D eigenvalue weighted by atomic mass is 32.2. The summed E-state index contributed by atoms with van der Waals surface area (Å²) in [5.74, 6) is 1.09. The van der Waals surface area contributed by atoms with Crippen LogP contribution in [0.2, 0.25) is 0 Å². The minimum Gasteiger partial charge on any atom is -0.486 e. The van der Waals surface area contributed by atoms with Crippen molar-refractivity contribution in [2.24, 2.45) is 0 Å². The summed E-state index contributed by atoms with van der Waals surface area (Å²) >= 11 is 0. The fraction of sp³-hybridized carbons (Fsp3) is 0.389. The second-order valence-electron chi connectivity index (χ2n) is 6.46. The summed E-state index contributed by atoms with van der Waals surface area (Å²) in [5, 5.41) is 0. The molecule has 0 atom stereocenters. The Morgan fingerprint density at radius 3 is 2.54 bits per heavy atom. The van der Waals surface area contributed by atoms with Gasteiger partial charge < -0.3 is 14.4 Å². The molecule has 8 heteroatoms. The molecule has 3 heterocycles. The highest BCUT2D eigenvalue weighted by molar-refractivity contribution is 7.89. The Kier molecular flexibility index (Phi) is 4.80. The lowest BCUT2D eigenvalue weighted by Gasteiger charge is -2.31. The van der Waals surface area contributed by atoms with Crippen LogP contribution in [0.3, 0.4) is 0 Å². The standard InChI is InChI=1S/C18H21N3O4S/c22-26(23,16-4-5-17-18(13-16)25-12-11-24-17)21-9-7-20(8-10-21)14-15-3-1-2-6-19-15/h1-6,13H,7-12,14H2/p+1. The van der Waals surface area contributed by atoms with Gasteiger partial charge >= 0.3 is 0 Å². The smallest absolute Gasteiger partial charge is 0.243 e. The molecule has 0 spiro atoms. The van der Waals surface area contributed by atoms with Crippen LogP contribution in [0.1, 0.15) is 5.69 Å². The van der Waals surface area contributed by atoms with Gasteiger partial charge in [0.2, 0.25) is 10.0 Å². The van der Waals surface area contributed by atoms with Gasteiger partial charge in [-0.1, -0.05) is 6.07 Å². The lowest BCUT2D eigenvalue weighted by molar-refractivity contribution is -0.917. The van der Waals surface area contributed by atoms with Crippen molar-refractivity contribution in [2.75, 3.05) is 39.4 Å². The Balaban J connectivity index is 1.43. The molecule has 1 fully saturated rings. The van der Waals surface area contributed by atoms with Crippen LogP contribution < -0.4 is 14.4 Å². The molecule has 4 rings (SSSR count). The van der Waals surface area contributed by atoms with E-state index in [4.69, 9.17) is 9.47 Å². The number of fused-ring (bicyclic) bond motifs is 1. The van der Waals surface area contributed by atoms with Crippen molar-refractivity contribution < 1.29 is 22.8 Å². The molecular formula is C18H22N3O4S+. The van der Waals surface area contributed by atoms with Gasteiger partial charge in [0.25, 0.3) is 0 Å². The molecule has 2 aliphatic heterocycles. The molecule has 138 valence electrons. The fourth-order valence-electron chi connectivity index (χ4n) is 3.31. The predicted octanol–water partition coefficient (Wildman–Crippen LogP) is -0.0578. The molecule has 1 aromatic heterocycles. The third-order valence-electron chi connectivity index (χ3n) is 4.74. The molecule has 26 heavy (non-hydrogen) atoms. The number of nitrogens with zero attached hydrogens (tertiary/aromatic N) is 2. The molecule has 0 radical (unpaired) electrons. The van der Waals surface area contributed by atoms with Crippen molar-refractivity contribution in [3.8, 4) is 11.5 Å². The Morgan fingerprint density at radius 1 is 1.04 bits per heavy atom. The average Bonchev–Trinajstić information content (AvgIpc) is 2.69. The van der Waals surface area contributed by atoms with Crippen molar-refractivity contribution in [3.63, 3.8) is 0 Å². The van der Waals surface area contributed by atoms with E-state index in [1.807, 2.05) is 18.2 Å². The highest BCUT2D eigenvalue weighted by Crippen LogP contribution is 2.33. The number of sulfonamides is 1. The molecule has 1 N–H and O–H groups in total. The monoisotopic (exact) mass is 376 g/mol.